The first-order valence-electron chi connectivity index (χ1n) is 6.65. The Balaban J connectivity index is 1.60. The molecule has 10 heteroatoms. The van der Waals surface area contributed by atoms with Gasteiger partial charge in [-0.2, -0.15) is 0 Å². The number of hydrogen-bond acceptors (Lipinski definition) is 7. The van der Waals surface area contributed by atoms with Crippen molar-refractivity contribution in [2.24, 2.45) is 0 Å². The van der Waals surface area contributed by atoms with E-state index < -0.39 is 11.6 Å². The molecule has 2 aromatic heterocycles. The van der Waals surface area contributed by atoms with Crippen molar-refractivity contribution >= 4 is 45.5 Å². The van der Waals surface area contributed by atoms with Crippen molar-refractivity contribution in [2.45, 2.75) is 11.3 Å². The highest BCUT2D eigenvalue weighted by atomic mass is 32.2. The molecule has 1 aromatic carbocycles. The summed E-state index contributed by atoms with van der Waals surface area (Å²) in [5.41, 5.74) is 0.922. The van der Waals surface area contributed by atoms with Gasteiger partial charge in [-0.1, -0.05) is 23.1 Å². The molecule has 24 heavy (non-hydrogen) atoms. The molecule has 3 aromatic rings. The van der Waals surface area contributed by atoms with E-state index in [9.17, 15) is 13.6 Å². The van der Waals surface area contributed by atoms with Crippen LogP contribution >= 0.6 is 34.4 Å². The highest BCUT2D eigenvalue weighted by Crippen LogP contribution is 2.27. The first kappa shape index (κ1) is 16.9. The largest absolute Gasteiger partial charge is 0.301 e. The Bertz CT molecular complexity index is 881. The molecule has 0 spiro atoms. The summed E-state index contributed by atoms with van der Waals surface area (Å²) in [5.74, 6) is -1.88. The number of thiazole rings is 1. The number of carbonyl (C=O) groups is 1. The second kappa shape index (κ2) is 7.32. The van der Waals surface area contributed by atoms with Crippen LogP contribution in [-0.2, 0) is 4.79 Å². The van der Waals surface area contributed by atoms with Crippen molar-refractivity contribution in [2.75, 3.05) is 11.1 Å². The van der Waals surface area contributed by atoms with Crippen LogP contribution in [0.15, 0.2) is 27.9 Å². The number of hydrogen-bond donors (Lipinski definition) is 1. The van der Waals surface area contributed by atoms with Gasteiger partial charge in [0.25, 0.3) is 0 Å². The second-order valence-corrected chi connectivity index (χ2v) is 7.85. The lowest BCUT2D eigenvalue weighted by molar-refractivity contribution is -0.113. The third-order valence-electron chi connectivity index (χ3n) is 2.80. The standard InChI is InChI=1S/C14H10F2N4OS3/c1-7-19-20-14(24-7)23-6-12(21)18-13-17-11(5-22-13)8-2-3-9(15)10(16)4-8/h2-5H,6H2,1H3,(H,17,18,21). The predicted molar refractivity (Wildman–Crippen MR) is 91.5 cm³/mol. The van der Waals surface area contributed by atoms with Gasteiger partial charge in [-0.25, -0.2) is 13.8 Å². The molecule has 1 amide bonds. The molecule has 0 aliphatic heterocycles. The van der Waals surface area contributed by atoms with Crippen molar-refractivity contribution < 1.29 is 13.6 Å². The zero-order valence-electron chi connectivity index (χ0n) is 12.2. The van der Waals surface area contributed by atoms with Gasteiger partial charge in [0, 0.05) is 10.9 Å². The fraction of sp³-hybridized carbons (Fsp3) is 0.143. The van der Waals surface area contributed by atoms with Gasteiger partial charge in [-0.3, -0.25) is 4.79 Å². The lowest BCUT2D eigenvalue weighted by Gasteiger charge is -2.00. The van der Waals surface area contributed by atoms with Crippen LogP contribution < -0.4 is 5.32 Å². The summed E-state index contributed by atoms with van der Waals surface area (Å²) < 4.78 is 26.9. The lowest BCUT2D eigenvalue weighted by Crippen LogP contribution is -2.13. The Morgan fingerprint density at radius 3 is 2.83 bits per heavy atom. The van der Waals surface area contributed by atoms with Crippen LogP contribution in [0.4, 0.5) is 13.9 Å². The van der Waals surface area contributed by atoms with Crippen molar-refractivity contribution in [3.8, 4) is 11.3 Å². The van der Waals surface area contributed by atoms with Crippen LogP contribution in [0.5, 0.6) is 0 Å². The quantitative estimate of drug-likeness (QED) is 0.674. The number of benzene rings is 1. The van der Waals surface area contributed by atoms with Crippen LogP contribution in [0.2, 0.25) is 0 Å². The molecular formula is C14H10F2N4OS3. The molecule has 5 nitrogen and oxygen atoms in total. The number of nitrogens with one attached hydrogen (secondary N) is 1. The fourth-order valence-electron chi connectivity index (χ4n) is 1.74. The molecule has 3 rings (SSSR count). The van der Waals surface area contributed by atoms with Crippen molar-refractivity contribution in [3.63, 3.8) is 0 Å². The van der Waals surface area contributed by atoms with Crippen LogP contribution in [0.25, 0.3) is 11.3 Å². The van der Waals surface area contributed by atoms with Gasteiger partial charge < -0.3 is 5.32 Å². The topological polar surface area (TPSA) is 67.8 Å². The van der Waals surface area contributed by atoms with Crippen LogP contribution in [0.3, 0.4) is 0 Å². The maximum atomic E-state index is 13.3. The molecule has 0 unspecified atom stereocenters. The zero-order chi connectivity index (χ0) is 17.1. The Morgan fingerprint density at radius 2 is 2.12 bits per heavy atom. The first-order valence-corrected chi connectivity index (χ1v) is 9.33. The van der Waals surface area contributed by atoms with Crippen LogP contribution in [-0.4, -0.2) is 26.8 Å². The highest BCUT2D eigenvalue weighted by molar-refractivity contribution is 8.01. The SMILES string of the molecule is Cc1nnc(SCC(=O)Nc2nc(-c3ccc(F)c(F)c3)cs2)s1. The number of carbonyl (C=O) groups excluding carboxylic acids is 1. The molecule has 2 heterocycles. The van der Waals surface area contributed by atoms with E-state index in [0.717, 1.165) is 21.5 Å². The number of amides is 1. The molecule has 124 valence electrons. The monoisotopic (exact) mass is 384 g/mol. The van der Waals surface area contributed by atoms with E-state index in [1.165, 1.54) is 40.5 Å². The summed E-state index contributed by atoms with van der Waals surface area (Å²) in [6.45, 7) is 1.84. The Kier molecular flexibility index (Phi) is 5.17. The van der Waals surface area contributed by atoms with Crippen molar-refractivity contribution in [3.05, 3.63) is 40.2 Å². The van der Waals surface area contributed by atoms with Crippen molar-refractivity contribution in [1.29, 1.82) is 0 Å². The molecule has 1 N–H and O–H groups in total. The molecule has 0 aliphatic carbocycles. The van der Waals surface area contributed by atoms with E-state index >= 15 is 0 Å². The van der Waals surface area contributed by atoms with Gasteiger partial charge in [0.2, 0.25) is 5.91 Å². The molecular weight excluding hydrogens is 374 g/mol. The van der Waals surface area contributed by atoms with Gasteiger partial charge >= 0.3 is 0 Å². The Labute approximate surface area is 148 Å². The van der Waals surface area contributed by atoms with Crippen molar-refractivity contribution in [1.82, 2.24) is 15.2 Å². The summed E-state index contributed by atoms with van der Waals surface area (Å²) in [4.78, 5) is 16.1. The van der Waals surface area contributed by atoms with Gasteiger partial charge in [-0.05, 0) is 25.1 Å². The Hall–Kier alpha value is -1.91. The number of anilines is 1. The number of aromatic nitrogens is 3. The molecule has 0 saturated carbocycles. The normalized spacial score (nSPS) is 10.8. The van der Waals surface area contributed by atoms with E-state index in [0.29, 0.717) is 16.4 Å². The van der Waals surface area contributed by atoms with Gasteiger partial charge in [0.05, 0.1) is 11.4 Å². The number of nitrogens with zero attached hydrogens (tertiary/aromatic N) is 3. The van der Waals surface area contributed by atoms with Crippen LogP contribution in [0, 0.1) is 18.6 Å². The minimum Gasteiger partial charge on any atom is -0.301 e. The summed E-state index contributed by atoms with van der Waals surface area (Å²) >= 11 is 3.93. The number of aryl methyl sites for hydroxylation is 1. The molecule has 0 aliphatic rings. The third-order valence-corrected chi connectivity index (χ3v) is 5.53. The highest BCUT2D eigenvalue weighted by Gasteiger charge is 2.11. The smallest absolute Gasteiger partial charge is 0.236 e. The fourth-order valence-corrected chi connectivity index (χ4v) is 4.09. The maximum Gasteiger partial charge on any atom is 0.236 e. The first-order chi connectivity index (χ1) is 11.5. The number of thioether (sulfide) groups is 1. The average molecular weight is 384 g/mol. The second-order valence-electron chi connectivity index (χ2n) is 4.59. The maximum absolute atomic E-state index is 13.3. The minimum atomic E-state index is -0.935. The summed E-state index contributed by atoms with van der Waals surface area (Å²) in [6, 6.07) is 3.55. The summed E-state index contributed by atoms with van der Waals surface area (Å²) in [5, 5.41) is 13.4. The molecule has 0 fully saturated rings. The van der Waals surface area contributed by atoms with Crippen LogP contribution in [0.1, 0.15) is 5.01 Å². The molecule has 0 atom stereocenters. The third kappa shape index (κ3) is 4.13. The van der Waals surface area contributed by atoms with E-state index in [-0.39, 0.29) is 11.7 Å². The van der Waals surface area contributed by atoms with E-state index in [4.69, 9.17) is 0 Å². The van der Waals surface area contributed by atoms with Gasteiger partial charge in [0.15, 0.2) is 21.1 Å². The van der Waals surface area contributed by atoms with Gasteiger partial charge in [-0.15, -0.1) is 21.5 Å². The van der Waals surface area contributed by atoms with E-state index in [1.807, 2.05) is 6.92 Å². The lowest BCUT2D eigenvalue weighted by atomic mass is 10.2. The minimum absolute atomic E-state index is 0.189. The van der Waals surface area contributed by atoms with E-state index in [1.54, 1.807) is 5.38 Å². The zero-order valence-corrected chi connectivity index (χ0v) is 14.7. The summed E-state index contributed by atoms with van der Waals surface area (Å²) in [6.07, 6.45) is 0. The number of halogens is 2. The Morgan fingerprint density at radius 1 is 1.29 bits per heavy atom. The number of rotatable bonds is 5. The van der Waals surface area contributed by atoms with Gasteiger partial charge in [0.1, 0.15) is 5.01 Å². The van der Waals surface area contributed by atoms with E-state index in [2.05, 4.69) is 20.5 Å². The summed E-state index contributed by atoms with van der Waals surface area (Å²) in [7, 11) is 0. The molecule has 0 radical (unpaired) electrons. The molecule has 0 bridgehead atoms. The predicted octanol–water partition coefficient (Wildman–Crippen LogP) is 3.98. The average Bonchev–Trinajstić information content (AvgIpc) is 3.17. The molecule has 0 saturated heterocycles.